The van der Waals surface area contributed by atoms with Gasteiger partial charge in [0.25, 0.3) is 5.91 Å². The van der Waals surface area contributed by atoms with Gasteiger partial charge in [0.05, 0.1) is 5.52 Å². The van der Waals surface area contributed by atoms with Gasteiger partial charge in [0.1, 0.15) is 22.8 Å². The summed E-state index contributed by atoms with van der Waals surface area (Å²) in [6.45, 7) is 8.50. The number of fused-ring (bicyclic) bond motifs is 1. The van der Waals surface area contributed by atoms with Crippen LogP contribution in [0.25, 0.3) is 22.0 Å². The van der Waals surface area contributed by atoms with E-state index in [0.29, 0.717) is 54.3 Å². The van der Waals surface area contributed by atoms with Gasteiger partial charge in [-0.2, -0.15) is 5.10 Å². The number of halogens is 1. The molecule has 0 bridgehead atoms. The molecule has 0 radical (unpaired) electrons. The third-order valence-electron chi connectivity index (χ3n) is 10.3. The normalized spacial score (nSPS) is 19.0. The van der Waals surface area contributed by atoms with E-state index in [2.05, 4.69) is 36.8 Å². The maximum Gasteiger partial charge on any atom is 0.407 e. The molecule has 14 heteroatoms. The lowest BCUT2D eigenvalue weighted by Crippen LogP contribution is -2.50. The summed E-state index contributed by atoms with van der Waals surface area (Å²) in [4.78, 5) is 64.7. The van der Waals surface area contributed by atoms with Gasteiger partial charge in [-0.05, 0) is 125 Å². The van der Waals surface area contributed by atoms with Crippen LogP contribution in [0.2, 0.25) is 5.15 Å². The minimum atomic E-state index is -0.871. The summed E-state index contributed by atoms with van der Waals surface area (Å²) >= 11 is 6.18. The van der Waals surface area contributed by atoms with Gasteiger partial charge in [0, 0.05) is 42.1 Å². The van der Waals surface area contributed by atoms with Crippen molar-refractivity contribution in [2.45, 2.75) is 90.3 Å². The number of amides is 5. The lowest BCUT2D eigenvalue weighted by atomic mass is 9.81. The van der Waals surface area contributed by atoms with Crippen molar-refractivity contribution in [2.75, 3.05) is 18.4 Å². The highest BCUT2D eigenvalue weighted by atomic mass is 35.5. The van der Waals surface area contributed by atoms with Gasteiger partial charge < -0.3 is 31.3 Å². The summed E-state index contributed by atoms with van der Waals surface area (Å²) in [5.41, 5.74) is 4.64. The zero-order chi connectivity index (χ0) is 40.0. The standard InChI is InChI=1S/C42H50ClN7O6/c1-24-20-29(38(52)47-33-6-5-19-44-39(33)53)15-17-31(24)27-11-7-25(8-12-27)21-35(40(54)46-30-16-18-32-34(22-30)49-50-36(32)43)48-37(51)28-13-9-26(10-14-28)23-45-41(55)56-42(2,3)4/h7-8,11-12,15-18,20,22,26,28,33,35H,5-6,9-10,13-14,19,21,23H2,1-4H3,(H,44,53)(H,45,55)(H,46,54)(H,47,52)(H,48,51)(H,49,50)/t26?,28?,33-,35-/m0/s1. The highest BCUT2D eigenvalue weighted by Gasteiger charge is 2.31. The molecule has 2 fully saturated rings. The van der Waals surface area contributed by atoms with E-state index in [1.807, 2.05) is 64.1 Å². The van der Waals surface area contributed by atoms with Gasteiger partial charge in [-0.3, -0.25) is 24.3 Å². The number of carbonyl (C=O) groups is 5. The molecule has 5 amide bonds. The number of alkyl carbamates (subject to hydrolysis) is 1. The van der Waals surface area contributed by atoms with Crippen LogP contribution in [-0.4, -0.2) is 70.7 Å². The smallest absolute Gasteiger partial charge is 0.407 e. The Morgan fingerprint density at radius 3 is 2.41 bits per heavy atom. The second-order valence-corrected chi connectivity index (χ2v) is 16.2. The number of aromatic nitrogens is 2. The average molecular weight is 784 g/mol. The molecule has 1 saturated carbocycles. The Bertz CT molecular complexity index is 2090. The molecule has 2 heterocycles. The van der Waals surface area contributed by atoms with Crippen molar-refractivity contribution in [2.24, 2.45) is 11.8 Å². The molecule has 2 aliphatic rings. The van der Waals surface area contributed by atoms with Gasteiger partial charge in [0.15, 0.2) is 0 Å². The number of anilines is 1. The molecule has 296 valence electrons. The molecule has 1 aliphatic carbocycles. The SMILES string of the molecule is Cc1cc(C(=O)N[C@H]2CCCNC2=O)ccc1-c1ccc(C[C@H](NC(=O)C2CCC(CNC(=O)OC(C)(C)C)CC2)C(=O)Nc2ccc3c(Cl)[nH]nc3c2)cc1. The predicted octanol–water partition coefficient (Wildman–Crippen LogP) is 6.20. The van der Waals surface area contributed by atoms with E-state index < -0.39 is 23.8 Å². The van der Waals surface area contributed by atoms with Gasteiger partial charge in [-0.1, -0.05) is 41.9 Å². The van der Waals surface area contributed by atoms with Crippen LogP contribution < -0.4 is 26.6 Å². The molecule has 2 atom stereocenters. The van der Waals surface area contributed by atoms with Crippen LogP contribution in [0.3, 0.4) is 0 Å². The van der Waals surface area contributed by atoms with Crippen molar-refractivity contribution < 1.29 is 28.7 Å². The Balaban J connectivity index is 1.11. The number of carbonyl (C=O) groups excluding carboxylic acids is 5. The first-order valence-corrected chi connectivity index (χ1v) is 19.6. The third kappa shape index (κ3) is 10.4. The molecule has 56 heavy (non-hydrogen) atoms. The van der Waals surface area contributed by atoms with Crippen LogP contribution >= 0.6 is 11.6 Å². The molecule has 1 aliphatic heterocycles. The summed E-state index contributed by atoms with van der Waals surface area (Å²) in [6.07, 6.45) is 4.04. The average Bonchev–Trinajstić information content (AvgIpc) is 3.53. The minimum Gasteiger partial charge on any atom is -0.444 e. The van der Waals surface area contributed by atoms with E-state index >= 15 is 0 Å². The zero-order valence-corrected chi connectivity index (χ0v) is 33.0. The molecule has 3 aromatic carbocycles. The van der Waals surface area contributed by atoms with Crippen LogP contribution in [0.5, 0.6) is 0 Å². The molecular formula is C42H50ClN7O6. The molecule has 6 rings (SSSR count). The topological polar surface area (TPSA) is 183 Å². The van der Waals surface area contributed by atoms with E-state index in [-0.39, 0.29) is 41.9 Å². The van der Waals surface area contributed by atoms with Crippen LogP contribution in [0.15, 0.2) is 60.7 Å². The van der Waals surface area contributed by atoms with E-state index in [4.69, 9.17) is 16.3 Å². The highest BCUT2D eigenvalue weighted by molar-refractivity contribution is 6.34. The summed E-state index contributed by atoms with van der Waals surface area (Å²) in [5, 5.41) is 22.5. The molecule has 4 aromatic rings. The number of nitrogens with zero attached hydrogens (tertiary/aromatic N) is 1. The number of aromatic amines is 1. The minimum absolute atomic E-state index is 0.160. The molecule has 1 aromatic heterocycles. The molecule has 0 spiro atoms. The quantitative estimate of drug-likeness (QED) is 0.105. The number of hydrogen-bond donors (Lipinski definition) is 6. The first kappa shape index (κ1) is 40.2. The van der Waals surface area contributed by atoms with Crippen LogP contribution in [0, 0.1) is 18.8 Å². The summed E-state index contributed by atoms with van der Waals surface area (Å²) in [7, 11) is 0. The van der Waals surface area contributed by atoms with Crippen molar-refractivity contribution in [3.05, 3.63) is 82.5 Å². The monoisotopic (exact) mass is 783 g/mol. The second-order valence-electron chi connectivity index (χ2n) is 15.8. The molecule has 13 nitrogen and oxygen atoms in total. The number of benzene rings is 3. The van der Waals surface area contributed by atoms with Crippen molar-refractivity contribution in [1.29, 1.82) is 0 Å². The first-order chi connectivity index (χ1) is 26.7. The number of nitrogens with one attached hydrogen (secondary N) is 6. The van der Waals surface area contributed by atoms with E-state index in [1.54, 1.807) is 24.3 Å². The summed E-state index contributed by atoms with van der Waals surface area (Å²) in [5.74, 6) is -1.03. The Labute approximate surface area is 331 Å². The van der Waals surface area contributed by atoms with Crippen molar-refractivity contribution in [3.63, 3.8) is 0 Å². The fourth-order valence-electron chi connectivity index (χ4n) is 7.29. The summed E-state index contributed by atoms with van der Waals surface area (Å²) in [6, 6.07) is 17.1. The summed E-state index contributed by atoms with van der Waals surface area (Å²) < 4.78 is 5.35. The van der Waals surface area contributed by atoms with E-state index in [9.17, 15) is 24.0 Å². The molecule has 1 saturated heterocycles. The fourth-order valence-corrected chi connectivity index (χ4v) is 7.49. The lowest BCUT2D eigenvalue weighted by molar-refractivity contribution is -0.130. The lowest BCUT2D eigenvalue weighted by Gasteiger charge is -2.29. The van der Waals surface area contributed by atoms with Gasteiger partial charge in [-0.15, -0.1) is 0 Å². The Hall–Kier alpha value is -5.43. The second kappa shape index (κ2) is 17.6. The highest BCUT2D eigenvalue weighted by Crippen LogP contribution is 2.30. The Kier molecular flexibility index (Phi) is 12.6. The van der Waals surface area contributed by atoms with E-state index in [0.717, 1.165) is 46.9 Å². The van der Waals surface area contributed by atoms with E-state index in [1.165, 1.54) is 0 Å². The Morgan fingerprint density at radius 1 is 0.964 bits per heavy atom. The van der Waals surface area contributed by atoms with Gasteiger partial charge in [0.2, 0.25) is 17.7 Å². The van der Waals surface area contributed by atoms with Crippen LogP contribution in [0.1, 0.15) is 80.8 Å². The predicted molar refractivity (Wildman–Crippen MR) is 215 cm³/mol. The number of piperidine rings is 1. The van der Waals surface area contributed by atoms with Crippen molar-refractivity contribution in [1.82, 2.24) is 31.5 Å². The first-order valence-electron chi connectivity index (χ1n) is 19.2. The number of H-pyrrole nitrogens is 1. The van der Waals surface area contributed by atoms with Gasteiger partial charge >= 0.3 is 6.09 Å². The van der Waals surface area contributed by atoms with Crippen LogP contribution in [-0.2, 0) is 25.5 Å². The molecular weight excluding hydrogens is 734 g/mol. The number of rotatable bonds is 11. The molecule has 0 unspecified atom stereocenters. The van der Waals surface area contributed by atoms with Crippen LogP contribution in [0.4, 0.5) is 10.5 Å². The maximum atomic E-state index is 13.9. The third-order valence-corrected chi connectivity index (χ3v) is 10.6. The number of ether oxygens (including phenoxy) is 1. The maximum absolute atomic E-state index is 13.9. The van der Waals surface area contributed by atoms with Gasteiger partial charge in [-0.25, -0.2) is 4.79 Å². The largest absolute Gasteiger partial charge is 0.444 e. The van der Waals surface area contributed by atoms with Crippen molar-refractivity contribution in [3.8, 4) is 11.1 Å². The number of aryl methyl sites for hydroxylation is 1. The Morgan fingerprint density at radius 2 is 1.71 bits per heavy atom. The zero-order valence-electron chi connectivity index (χ0n) is 32.2. The number of hydrogen-bond acceptors (Lipinski definition) is 7. The van der Waals surface area contributed by atoms with Crippen molar-refractivity contribution >= 4 is 57.9 Å². The fraction of sp³-hybridized carbons (Fsp3) is 0.429. The molecule has 6 N–H and O–H groups in total.